The molecule has 0 aliphatic heterocycles. The second-order valence-corrected chi connectivity index (χ2v) is 10.5. The van der Waals surface area contributed by atoms with Gasteiger partial charge in [0.15, 0.2) is 10.3 Å². The molecule has 0 unspecified atom stereocenters. The number of carbonyl (C=O) groups excluding carboxylic acids is 1. The number of nitrogens with one attached hydrogen (secondary N) is 2. The van der Waals surface area contributed by atoms with Crippen molar-refractivity contribution in [3.8, 4) is 16.3 Å². The van der Waals surface area contributed by atoms with Crippen LogP contribution < -0.4 is 15.4 Å². The molecule has 1 amide bonds. The topological polar surface area (TPSA) is 114 Å². The second-order valence-electron chi connectivity index (χ2n) is 6.73. The van der Waals surface area contributed by atoms with Crippen molar-refractivity contribution in [2.75, 3.05) is 30.8 Å². The Labute approximate surface area is 195 Å². The molecule has 0 saturated carbocycles. The highest BCUT2D eigenvalue weighted by Gasteiger charge is 2.23. The lowest BCUT2D eigenvalue weighted by Gasteiger charge is -2.19. The molecular formula is C20H25N5O4S3. The predicted octanol–water partition coefficient (Wildman–Crippen LogP) is 4.32. The highest BCUT2D eigenvalue weighted by atomic mass is 32.2. The Bertz CT molecular complexity index is 1220. The molecule has 0 aliphatic rings. The number of aryl methyl sites for hydroxylation is 1. The average molecular weight is 496 g/mol. The molecule has 0 bridgehead atoms. The summed E-state index contributed by atoms with van der Waals surface area (Å²) in [6.45, 7) is 7.67. The Balaban J connectivity index is 1.91. The van der Waals surface area contributed by atoms with E-state index in [4.69, 9.17) is 4.74 Å². The first-order valence-electron chi connectivity index (χ1n) is 9.85. The molecule has 3 rings (SSSR count). The Kier molecular flexibility index (Phi) is 7.49. The summed E-state index contributed by atoms with van der Waals surface area (Å²) < 4.78 is 32.6. The summed E-state index contributed by atoms with van der Waals surface area (Å²) in [6, 6.07) is 4.72. The van der Waals surface area contributed by atoms with E-state index in [1.54, 1.807) is 26.0 Å². The lowest BCUT2D eigenvalue weighted by molar-refractivity contribution is -0.114. The van der Waals surface area contributed by atoms with E-state index in [0.717, 1.165) is 16.3 Å². The Hall–Kier alpha value is -2.54. The minimum absolute atomic E-state index is 0.180. The van der Waals surface area contributed by atoms with Crippen LogP contribution in [0.4, 0.5) is 16.0 Å². The fourth-order valence-electron chi connectivity index (χ4n) is 3.05. The smallest absolute Gasteiger partial charge is 0.243 e. The SMILES string of the molecule is CCN(CC)S(=O)(=O)c1ccc(OC)c(Nc2nc(-c3sc(NC(C)=O)nc3C)cs2)c1. The molecule has 2 N–H and O–H groups in total. The summed E-state index contributed by atoms with van der Waals surface area (Å²) in [5, 5.41) is 8.83. The summed E-state index contributed by atoms with van der Waals surface area (Å²) in [5.41, 5.74) is 1.98. The number of anilines is 3. The minimum atomic E-state index is -3.61. The summed E-state index contributed by atoms with van der Waals surface area (Å²) in [6.07, 6.45) is 0. The lowest BCUT2D eigenvalue weighted by Crippen LogP contribution is -2.30. The van der Waals surface area contributed by atoms with E-state index in [2.05, 4.69) is 20.6 Å². The molecule has 0 atom stereocenters. The van der Waals surface area contributed by atoms with Gasteiger partial charge in [-0.15, -0.1) is 11.3 Å². The van der Waals surface area contributed by atoms with Crippen molar-refractivity contribution >= 4 is 54.6 Å². The minimum Gasteiger partial charge on any atom is -0.495 e. The number of aromatic nitrogens is 2. The maximum atomic E-state index is 12.9. The van der Waals surface area contributed by atoms with Crippen LogP contribution in [0.5, 0.6) is 5.75 Å². The third-order valence-electron chi connectivity index (χ3n) is 4.57. The van der Waals surface area contributed by atoms with Crippen molar-refractivity contribution in [2.24, 2.45) is 0 Å². The summed E-state index contributed by atoms with van der Waals surface area (Å²) in [5.74, 6) is 0.319. The van der Waals surface area contributed by atoms with E-state index in [9.17, 15) is 13.2 Å². The molecule has 0 saturated heterocycles. The second kappa shape index (κ2) is 9.94. The fraction of sp³-hybridized carbons (Fsp3) is 0.350. The van der Waals surface area contributed by atoms with Crippen molar-refractivity contribution in [1.82, 2.24) is 14.3 Å². The normalized spacial score (nSPS) is 11.6. The van der Waals surface area contributed by atoms with E-state index >= 15 is 0 Å². The van der Waals surface area contributed by atoms with Crippen LogP contribution in [0, 0.1) is 6.92 Å². The Morgan fingerprint density at radius 2 is 1.91 bits per heavy atom. The molecule has 1 aromatic carbocycles. The molecule has 2 heterocycles. The molecular weight excluding hydrogens is 470 g/mol. The van der Waals surface area contributed by atoms with Crippen LogP contribution in [0.25, 0.3) is 10.6 Å². The van der Waals surface area contributed by atoms with Gasteiger partial charge >= 0.3 is 0 Å². The van der Waals surface area contributed by atoms with E-state index in [-0.39, 0.29) is 10.8 Å². The van der Waals surface area contributed by atoms with E-state index in [0.29, 0.717) is 34.8 Å². The number of benzene rings is 1. The molecule has 0 fully saturated rings. The molecule has 32 heavy (non-hydrogen) atoms. The van der Waals surface area contributed by atoms with Crippen molar-refractivity contribution in [2.45, 2.75) is 32.6 Å². The van der Waals surface area contributed by atoms with E-state index in [1.807, 2.05) is 12.3 Å². The third-order valence-corrected chi connectivity index (χ3v) is 8.47. The number of carbonyl (C=O) groups is 1. The van der Waals surface area contributed by atoms with E-state index < -0.39 is 10.0 Å². The van der Waals surface area contributed by atoms with Gasteiger partial charge < -0.3 is 15.4 Å². The summed E-state index contributed by atoms with van der Waals surface area (Å²) >= 11 is 2.72. The molecule has 0 aliphatic carbocycles. The van der Waals surface area contributed by atoms with Gasteiger partial charge in [-0.2, -0.15) is 4.31 Å². The van der Waals surface area contributed by atoms with Crippen LogP contribution in [0.2, 0.25) is 0 Å². The van der Waals surface area contributed by atoms with Gasteiger partial charge in [-0.1, -0.05) is 25.2 Å². The van der Waals surface area contributed by atoms with Gasteiger partial charge in [-0.25, -0.2) is 18.4 Å². The van der Waals surface area contributed by atoms with Crippen molar-refractivity contribution in [1.29, 1.82) is 0 Å². The zero-order valence-electron chi connectivity index (χ0n) is 18.4. The largest absolute Gasteiger partial charge is 0.495 e. The van der Waals surface area contributed by atoms with Gasteiger partial charge in [0.2, 0.25) is 15.9 Å². The first-order valence-corrected chi connectivity index (χ1v) is 13.0. The van der Waals surface area contributed by atoms with Gasteiger partial charge in [0, 0.05) is 25.4 Å². The number of amides is 1. The van der Waals surface area contributed by atoms with Crippen LogP contribution in [0.15, 0.2) is 28.5 Å². The molecule has 3 aromatic rings. The van der Waals surface area contributed by atoms with Crippen LogP contribution >= 0.6 is 22.7 Å². The number of thiazole rings is 2. The zero-order chi connectivity index (χ0) is 23.5. The monoisotopic (exact) mass is 495 g/mol. The number of sulfonamides is 1. The standard InChI is InChI=1S/C20H25N5O4S3/c1-6-25(7-2)32(27,28)14-8-9-17(29-5)15(10-14)23-19-24-16(11-30-19)18-12(3)21-20(31-18)22-13(4)26/h8-11H,6-7H2,1-5H3,(H,23,24)(H,21,22,26). The van der Waals surface area contributed by atoms with E-state index in [1.165, 1.54) is 47.1 Å². The Morgan fingerprint density at radius 3 is 2.53 bits per heavy atom. The van der Waals surface area contributed by atoms with Crippen LogP contribution in [0.1, 0.15) is 26.5 Å². The van der Waals surface area contributed by atoms with Gasteiger partial charge in [0.25, 0.3) is 0 Å². The maximum absolute atomic E-state index is 12.9. The molecule has 12 heteroatoms. The van der Waals surface area contributed by atoms with Crippen LogP contribution in [0.3, 0.4) is 0 Å². The third kappa shape index (κ3) is 5.09. The number of hydrogen-bond donors (Lipinski definition) is 2. The van der Waals surface area contributed by atoms with Gasteiger partial charge in [0.1, 0.15) is 5.75 Å². The highest BCUT2D eigenvalue weighted by molar-refractivity contribution is 7.89. The number of nitrogens with zero attached hydrogens (tertiary/aromatic N) is 3. The predicted molar refractivity (Wildman–Crippen MR) is 129 cm³/mol. The van der Waals surface area contributed by atoms with Crippen molar-refractivity contribution in [3.05, 3.63) is 29.3 Å². The van der Waals surface area contributed by atoms with Gasteiger partial charge in [-0.05, 0) is 25.1 Å². The van der Waals surface area contributed by atoms with Crippen LogP contribution in [-0.4, -0.2) is 48.8 Å². The number of rotatable bonds is 9. The summed E-state index contributed by atoms with van der Waals surface area (Å²) in [7, 11) is -2.09. The molecule has 0 spiro atoms. The lowest BCUT2D eigenvalue weighted by atomic mass is 10.3. The molecule has 0 radical (unpaired) electrons. The van der Waals surface area contributed by atoms with Crippen LogP contribution in [-0.2, 0) is 14.8 Å². The molecule has 2 aromatic heterocycles. The van der Waals surface area contributed by atoms with Gasteiger partial charge in [0.05, 0.1) is 34.0 Å². The summed E-state index contributed by atoms with van der Waals surface area (Å²) in [4.78, 5) is 21.3. The first kappa shape index (κ1) is 24.1. The Morgan fingerprint density at radius 1 is 1.19 bits per heavy atom. The van der Waals surface area contributed by atoms with Crippen molar-refractivity contribution in [3.63, 3.8) is 0 Å². The number of methoxy groups -OCH3 is 1. The first-order chi connectivity index (χ1) is 15.2. The number of hydrogen-bond acceptors (Lipinski definition) is 9. The molecule has 172 valence electrons. The van der Waals surface area contributed by atoms with Gasteiger partial charge in [-0.3, -0.25) is 4.79 Å². The average Bonchev–Trinajstić information content (AvgIpc) is 3.34. The highest BCUT2D eigenvalue weighted by Crippen LogP contribution is 2.37. The fourth-order valence-corrected chi connectivity index (χ4v) is 6.29. The zero-order valence-corrected chi connectivity index (χ0v) is 20.9. The number of ether oxygens (including phenoxy) is 1. The quantitative estimate of drug-likeness (QED) is 0.454. The van der Waals surface area contributed by atoms with Crippen molar-refractivity contribution < 1.29 is 17.9 Å². The molecule has 9 nitrogen and oxygen atoms in total. The maximum Gasteiger partial charge on any atom is 0.243 e.